The smallest absolute Gasteiger partial charge is 0.337 e. The van der Waals surface area contributed by atoms with Crippen LogP contribution >= 0.6 is 0 Å². The predicted molar refractivity (Wildman–Crippen MR) is 153 cm³/mol. The van der Waals surface area contributed by atoms with Crippen LogP contribution in [0.3, 0.4) is 0 Å². The second-order valence-electron chi connectivity index (χ2n) is 8.96. The van der Waals surface area contributed by atoms with Gasteiger partial charge in [0.2, 0.25) is 0 Å². The molecule has 9 heteroatoms. The maximum Gasteiger partial charge on any atom is 0.337 e. The summed E-state index contributed by atoms with van der Waals surface area (Å²) in [5, 5.41) is 11.1. The zero-order valence-corrected chi connectivity index (χ0v) is 22.1. The van der Waals surface area contributed by atoms with E-state index in [0.29, 0.717) is 30.2 Å². The van der Waals surface area contributed by atoms with Gasteiger partial charge in [-0.05, 0) is 59.7 Å². The number of aromatic nitrogens is 2. The SMILES string of the molecule is COC(=O)c1ccc(NC(=O)Nc2nn(Cc3ccc(COc4cccc(OC)c4)cc3)c3ccccc23)cc1. The minimum absolute atomic E-state index is 0.399. The van der Waals surface area contributed by atoms with Crippen molar-refractivity contribution in [1.82, 2.24) is 9.78 Å². The Bertz CT molecular complexity index is 1630. The molecule has 0 fully saturated rings. The van der Waals surface area contributed by atoms with Gasteiger partial charge in [-0.1, -0.05) is 42.5 Å². The van der Waals surface area contributed by atoms with E-state index in [2.05, 4.69) is 15.7 Å². The first-order valence-corrected chi connectivity index (χ1v) is 12.6. The molecule has 0 spiro atoms. The number of amides is 2. The van der Waals surface area contributed by atoms with Gasteiger partial charge in [0.25, 0.3) is 0 Å². The van der Waals surface area contributed by atoms with E-state index in [1.165, 1.54) is 7.11 Å². The number of rotatable bonds is 9. The number of nitrogens with one attached hydrogen (secondary N) is 2. The first kappa shape index (κ1) is 26.3. The molecule has 40 heavy (non-hydrogen) atoms. The lowest BCUT2D eigenvalue weighted by Crippen LogP contribution is -2.20. The number of nitrogens with zero attached hydrogens (tertiary/aromatic N) is 2. The Balaban J connectivity index is 1.24. The molecule has 0 saturated heterocycles. The van der Waals surface area contributed by atoms with E-state index < -0.39 is 12.0 Å². The molecule has 0 radical (unpaired) electrons. The molecule has 4 aromatic carbocycles. The Hall–Kier alpha value is -5.31. The zero-order valence-electron chi connectivity index (χ0n) is 22.1. The van der Waals surface area contributed by atoms with E-state index in [1.807, 2.05) is 77.5 Å². The van der Waals surface area contributed by atoms with Crippen molar-refractivity contribution >= 4 is 34.4 Å². The van der Waals surface area contributed by atoms with Crippen LogP contribution in [0, 0.1) is 0 Å². The molecule has 0 aliphatic rings. The van der Waals surface area contributed by atoms with E-state index in [1.54, 1.807) is 31.4 Å². The van der Waals surface area contributed by atoms with Gasteiger partial charge < -0.3 is 19.5 Å². The highest BCUT2D eigenvalue weighted by molar-refractivity contribution is 6.04. The van der Waals surface area contributed by atoms with E-state index in [0.717, 1.165) is 33.5 Å². The predicted octanol–water partition coefficient (Wildman–Crippen LogP) is 6.10. The molecule has 5 rings (SSSR count). The van der Waals surface area contributed by atoms with Crippen LogP contribution in [0.4, 0.5) is 16.3 Å². The summed E-state index contributed by atoms with van der Waals surface area (Å²) in [6, 6.07) is 29.4. The van der Waals surface area contributed by atoms with Crippen LogP contribution < -0.4 is 20.1 Å². The largest absolute Gasteiger partial charge is 0.497 e. The lowest BCUT2D eigenvalue weighted by molar-refractivity contribution is 0.0600. The highest BCUT2D eigenvalue weighted by Gasteiger charge is 2.14. The summed E-state index contributed by atoms with van der Waals surface area (Å²) in [6.45, 7) is 0.961. The number of anilines is 2. The van der Waals surface area contributed by atoms with Crippen LogP contribution in [0.2, 0.25) is 0 Å². The van der Waals surface area contributed by atoms with E-state index in [9.17, 15) is 9.59 Å². The molecule has 0 bridgehead atoms. The van der Waals surface area contributed by atoms with Crippen LogP contribution in [-0.2, 0) is 17.9 Å². The molecular formula is C31H28N4O5. The van der Waals surface area contributed by atoms with Crippen molar-refractivity contribution < 1.29 is 23.8 Å². The van der Waals surface area contributed by atoms with Crippen molar-refractivity contribution in [1.29, 1.82) is 0 Å². The maximum atomic E-state index is 12.7. The Morgan fingerprint density at radius 3 is 2.27 bits per heavy atom. The molecule has 202 valence electrons. The quantitative estimate of drug-likeness (QED) is 0.221. The highest BCUT2D eigenvalue weighted by Crippen LogP contribution is 2.24. The van der Waals surface area contributed by atoms with Crippen molar-refractivity contribution in [2.24, 2.45) is 0 Å². The molecule has 1 aromatic heterocycles. The van der Waals surface area contributed by atoms with Gasteiger partial charge >= 0.3 is 12.0 Å². The van der Waals surface area contributed by atoms with Crippen LogP contribution in [0.5, 0.6) is 11.5 Å². The summed E-state index contributed by atoms with van der Waals surface area (Å²) in [5.41, 5.74) is 3.92. The third kappa shape index (κ3) is 6.21. The van der Waals surface area contributed by atoms with Gasteiger partial charge in [0.05, 0.1) is 31.8 Å². The number of hydrogen-bond acceptors (Lipinski definition) is 6. The summed E-state index contributed by atoms with van der Waals surface area (Å²) < 4.78 is 17.7. The summed E-state index contributed by atoms with van der Waals surface area (Å²) in [7, 11) is 2.95. The highest BCUT2D eigenvalue weighted by atomic mass is 16.5. The summed E-state index contributed by atoms with van der Waals surface area (Å²) in [5.74, 6) is 1.50. The monoisotopic (exact) mass is 536 g/mol. The van der Waals surface area contributed by atoms with Gasteiger partial charge in [0, 0.05) is 17.1 Å². The summed E-state index contributed by atoms with van der Waals surface area (Å²) in [6.07, 6.45) is 0. The molecule has 0 unspecified atom stereocenters. The normalized spacial score (nSPS) is 10.7. The Labute approximate surface area is 231 Å². The van der Waals surface area contributed by atoms with Crippen molar-refractivity contribution in [2.45, 2.75) is 13.2 Å². The second kappa shape index (κ2) is 12.0. The summed E-state index contributed by atoms with van der Waals surface area (Å²) >= 11 is 0. The summed E-state index contributed by atoms with van der Waals surface area (Å²) in [4.78, 5) is 24.3. The molecule has 0 aliphatic heterocycles. The fraction of sp³-hybridized carbons (Fsp3) is 0.129. The molecule has 2 amide bonds. The van der Waals surface area contributed by atoms with Gasteiger partial charge in [-0.2, -0.15) is 5.10 Å². The Kier molecular flexibility index (Phi) is 7.92. The number of fused-ring (bicyclic) bond motifs is 1. The first-order chi connectivity index (χ1) is 19.5. The average Bonchev–Trinajstić information content (AvgIpc) is 3.33. The van der Waals surface area contributed by atoms with Crippen LogP contribution in [0.1, 0.15) is 21.5 Å². The number of hydrogen-bond donors (Lipinski definition) is 2. The minimum atomic E-state index is -0.443. The van der Waals surface area contributed by atoms with Gasteiger partial charge in [-0.15, -0.1) is 0 Å². The zero-order chi connectivity index (χ0) is 27.9. The van der Waals surface area contributed by atoms with E-state index >= 15 is 0 Å². The van der Waals surface area contributed by atoms with Crippen molar-refractivity contribution in [3.8, 4) is 11.5 Å². The molecule has 0 saturated carbocycles. The molecule has 0 aliphatic carbocycles. The number of carbonyl (C=O) groups is 2. The molecule has 1 heterocycles. The lowest BCUT2D eigenvalue weighted by Gasteiger charge is -2.09. The van der Waals surface area contributed by atoms with Crippen LogP contribution in [0.25, 0.3) is 10.9 Å². The number of benzene rings is 4. The fourth-order valence-corrected chi connectivity index (χ4v) is 4.19. The fourth-order valence-electron chi connectivity index (χ4n) is 4.19. The van der Waals surface area contributed by atoms with Crippen molar-refractivity contribution in [3.63, 3.8) is 0 Å². The Morgan fingerprint density at radius 2 is 1.52 bits per heavy atom. The maximum absolute atomic E-state index is 12.7. The Morgan fingerprint density at radius 1 is 0.800 bits per heavy atom. The van der Waals surface area contributed by atoms with E-state index in [4.69, 9.17) is 14.2 Å². The third-order valence-corrected chi connectivity index (χ3v) is 6.26. The molecule has 9 nitrogen and oxygen atoms in total. The molecule has 2 N–H and O–H groups in total. The third-order valence-electron chi connectivity index (χ3n) is 6.26. The molecular weight excluding hydrogens is 508 g/mol. The first-order valence-electron chi connectivity index (χ1n) is 12.6. The van der Waals surface area contributed by atoms with Gasteiger partial charge in [-0.25, -0.2) is 9.59 Å². The second-order valence-corrected chi connectivity index (χ2v) is 8.96. The number of esters is 1. The van der Waals surface area contributed by atoms with Crippen molar-refractivity contribution in [2.75, 3.05) is 24.9 Å². The van der Waals surface area contributed by atoms with Gasteiger partial charge in [-0.3, -0.25) is 10.00 Å². The standard InChI is InChI=1S/C31H28N4O5/c1-38-25-6-5-7-26(18-25)40-20-22-12-10-21(11-13-22)19-35-28-9-4-3-8-27(28)29(34-35)33-31(37)32-24-16-14-23(15-17-24)30(36)39-2/h3-18H,19-20H2,1-2H3,(H2,32,33,34,37). The number of ether oxygens (including phenoxy) is 3. The van der Waals surface area contributed by atoms with E-state index in [-0.39, 0.29) is 0 Å². The average molecular weight is 537 g/mol. The van der Waals surface area contributed by atoms with Gasteiger partial charge in [0.1, 0.15) is 18.1 Å². The molecule has 5 aromatic rings. The number of carbonyl (C=O) groups excluding carboxylic acids is 2. The topological polar surface area (TPSA) is 104 Å². The van der Waals surface area contributed by atoms with Crippen LogP contribution in [-0.4, -0.2) is 36.0 Å². The molecule has 0 atom stereocenters. The number of urea groups is 1. The van der Waals surface area contributed by atoms with Crippen LogP contribution in [0.15, 0.2) is 97.1 Å². The number of para-hydroxylation sites is 1. The minimum Gasteiger partial charge on any atom is -0.497 e. The van der Waals surface area contributed by atoms with Crippen molar-refractivity contribution in [3.05, 3.63) is 114 Å². The lowest BCUT2D eigenvalue weighted by atomic mass is 10.1. The number of methoxy groups -OCH3 is 2. The van der Waals surface area contributed by atoms with Gasteiger partial charge in [0.15, 0.2) is 5.82 Å².